The Bertz CT molecular complexity index is 631. The number of anilines is 1. The number of unbranched alkanes of at least 4 members (excludes halogenated alkanes) is 1. The van der Waals surface area contributed by atoms with Gasteiger partial charge in [0.15, 0.2) is 0 Å². The summed E-state index contributed by atoms with van der Waals surface area (Å²) < 4.78 is 2.10. The van der Waals surface area contributed by atoms with Crippen molar-refractivity contribution in [2.75, 3.05) is 11.9 Å². The fourth-order valence-corrected chi connectivity index (χ4v) is 2.71. The number of thiophene rings is 1. The van der Waals surface area contributed by atoms with Crippen molar-refractivity contribution in [1.82, 2.24) is 19.5 Å². The van der Waals surface area contributed by atoms with Crippen LogP contribution in [0.5, 0.6) is 0 Å². The number of imidazole rings is 1. The van der Waals surface area contributed by atoms with Crippen molar-refractivity contribution in [2.24, 2.45) is 0 Å². The number of nitrogens with zero attached hydrogens (tertiary/aromatic N) is 4. The monoisotopic (exact) mass is 273 g/mol. The molecule has 0 bridgehead atoms. The van der Waals surface area contributed by atoms with Crippen molar-refractivity contribution >= 4 is 27.4 Å². The minimum atomic E-state index is 0.927. The van der Waals surface area contributed by atoms with Gasteiger partial charge in [0, 0.05) is 25.5 Å². The van der Waals surface area contributed by atoms with Gasteiger partial charge in [-0.25, -0.2) is 15.0 Å². The molecule has 0 atom stereocenters. The summed E-state index contributed by atoms with van der Waals surface area (Å²) >= 11 is 1.64. The molecule has 3 aromatic heterocycles. The number of nitrogens with one attached hydrogen (secondary N) is 1. The van der Waals surface area contributed by atoms with Crippen molar-refractivity contribution in [2.45, 2.75) is 19.4 Å². The van der Waals surface area contributed by atoms with E-state index >= 15 is 0 Å². The van der Waals surface area contributed by atoms with Crippen LogP contribution in [0.4, 0.5) is 5.82 Å². The van der Waals surface area contributed by atoms with Gasteiger partial charge >= 0.3 is 0 Å². The quantitative estimate of drug-likeness (QED) is 0.702. The number of fused-ring (bicyclic) bond motifs is 1. The van der Waals surface area contributed by atoms with Crippen LogP contribution in [0.3, 0.4) is 0 Å². The van der Waals surface area contributed by atoms with E-state index in [1.165, 1.54) is 0 Å². The Morgan fingerprint density at radius 1 is 1.26 bits per heavy atom. The minimum absolute atomic E-state index is 0.927. The summed E-state index contributed by atoms with van der Waals surface area (Å²) in [6.45, 7) is 1.94. The molecule has 0 spiro atoms. The molecule has 0 aliphatic rings. The predicted octanol–water partition coefficient (Wildman–Crippen LogP) is 2.78. The lowest BCUT2D eigenvalue weighted by Gasteiger charge is -2.06. The second kappa shape index (κ2) is 5.79. The summed E-state index contributed by atoms with van der Waals surface area (Å²) in [6, 6.07) is 2.06. The van der Waals surface area contributed by atoms with Gasteiger partial charge in [-0.3, -0.25) is 0 Å². The normalized spacial score (nSPS) is 10.9. The molecule has 3 heterocycles. The van der Waals surface area contributed by atoms with E-state index in [1.54, 1.807) is 17.7 Å². The van der Waals surface area contributed by atoms with Gasteiger partial charge in [-0.05, 0) is 24.3 Å². The zero-order chi connectivity index (χ0) is 12.9. The first kappa shape index (κ1) is 12.1. The summed E-state index contributed by atoms with van der Waals surface area (Å²) in [5.74, 6) is 0.939. The van der Waals surface area contributed by atoms with Crippen molar-refractivity contribution in [3.05, 3.63) is 36.5 Å². The topological polar surface area (TPSA) is 55.6 Å². The van der Waals surface area contributed by atoms with E-state index in [4.69, 9.17) is 0 Å². The molecule has 0 amide bonds. The Balaban J connectivity index is 1.48. The molecule has 5 nitrogen and oxygen atoms in total. The third kappa shape index (κ3) is 2.90. The Morgan fingerprint density at radius 2 is 2.26 bits per heavy atom. The van der Waals surface area contributed by atoms with E-state index in [2.05, 4.69) is 30.9 Å². The lowest BCUT2D eigenvalue weighted by atomic mass is 10.3. The summed E-state index contributed by atoms with van der Waals surface area (Å²) in [7, 11) is 0. The molecule has 3 aromatic rings. The third-order valence-corrected chi connectivity index (χ3v) is 3.78. The maximum Gasteiger partial charge on any atom is 0.138 e. The third-order valence-electron chi connectivity index (χ3n) is 2.96. The Labute approximate surface area is 115 Å². The van der Waals surface area contributed by atoms with Crippen molar-refractivity contribution < 1.29 is 0 Å². The van der Waals surface area contributed by atoms with Gasteiger partial charge in [0.2, 0.25) is 0 Å². The van der Waals surface area contributed by atoms with Crippen LogP contribution in [0.15, 0.2) is 36.5 Å². The highest BCUT2D eigenvalue weighted by molar-refractivity contribution is 7.16. The molecule has 0 aromatic carbocycles. The number of hydrogen-bond acceptors (Lipinski definition) is 5. The van der Waals surface area contributed by atoms with E-state index in [1.807, 2.05) is 24.1 Å². The average molecular weight is 273 g/mol. The molecule has 0 saturated heterocycles. The van der Waals surface area contributed by atoms with Crippen molar-refractivity contribution in [1.29, 1.82) is 0 Å². The van der Waals surface area contributed by atoms with E-state index in [0.29, 0.717) is 0 Å². The van der Waals surface area contributed by atoms with Gasteiger partial charge in [-0.15, -0.1) is 11.3 Å². The highest BCUT2D eigenvalue weighted by Crippen LogP contribution is 2.23. The molecule has 0 radical (unpaired) electrons. The van der Waals surface area contributed by atoms with Crippen LogP contribution in [0, 0.1) is 0 Å². The molecule has 1 N–H and O–H groups in total. The zero-order valence-corrected chi connectivity index (χ0v) is 11.3. The van der Waals surface area contributed by atoms with Gasteiger partial charge in [-0.1, -0.05) is 0 Å². The minimum Gasteiger partial charge on any atom is -0.369 e. The van der Waals surface area contributed by atoms with Gasteiger partial charge in [0.25, 0.3) is 0 Å². The number of hydrogen-bond donors (Lipinski definition) is 1. The smallest absolute Gasteiger partial charge is 0.138 e. The predicted molar refractivity (Wildman–Crippen MR) is 77.4 cm³/mol. The van der Waals surface area contributed by atoms with Crippen LogP contribution in [0.2, 0.25) is 0 Å². The SMILES string of the molecule is c1cn(CCCCNc2ncnc3sccc23)cn1. The van der Waals surface area contributed by atoms with E-state index in [9.17, 15) is 0 Å². The van der Waals surface area contributed by atoms with E-state index < -0.39 is 0 Å². The molecule has 3 rings (SSSR count). The van der Waals surface area contributed by atoms with Crippen LogP contribution in [-0.2, 0) is 6.54 Å². The van der Waals surface area contributed by atoms with E-state index in [-0.39, 0.29) is 0 Å². The largest absolute Gasteiger partial charge is 0.369 e. The first-order valence-corrected chi connectivity index (χ1v) is 7.19. The lowest BCUT2D eigenvalue weighted by molar-refractivity contribution is 0.621. The van der Waals surface area contributed by atoms with Crippen LogP contribution >= 0.6 is 11.3 Å². The molecule has 0 saturated carbocycles. The van der Waals surface area contributed by atoms with Crippen molar-refractivity contribution in [3.8, 4) is 0 Å². The second-order valence-electron chi connectivity index (χ2n) is 4.30. The summed E-state index contributed by atoms with van der Waals surface area (Å²) in [5, 5.41) is 6.54. The summed E-state index contributed by atoms with van der Waals surface area (Å²) in [5.41, 5.74) is 0. The van der Waals surface area contributed by atoms with Crippen LogP contribution in [0.25, 0.3) is 10.2 Å². The van der Waals surface area contributed by atoms with Gasteiger partial charge in [0.05, 0.1) is 11.7 Å². The highest BCUT2D eigenvalue weighted by atomic mass is 32.1. The Kier molecular flexibility index (Phi) is 3.69. The maximum atomic E-state index is 4.30. The fourth-order valence-electron chi connectivity index (χ4n) is 1.98. The Morgan fingerprint density at radius 3 is 3.16 bits per heavy atom. The molecule has 98 valence electrons. The maximum absolute atomic E-state index is 4.30. The zero-order valence-electron chi connectivity index (χ0n) is 10.5. The molecule has 0 aliphatic heterocycles. The number of rotatable bonds is 6. The Hall–Kier alpha value is -1.95. The molecule has 0 unspecified atom stereocenters. The first-order valence-electron chi connectivity index (χ1n) is 6.31. The standard InChI is InChI=1S/C13H15N5S/c1(2-6-18-7-5-14-10-18)4-15-12-11-3-8-19-13(11)17-9-16-12/h3,5,7-10H,1-2,4,6H2,(H,15,16,17). The van der Waals surface area contributed by atoms with E-state index in [0.717, 1.165) is 42.0 Å². The molecular formula is C13H15N5S. The van der Waals surface area contributed by atoms with Crippen LogP contribution < -0.4 is 5.32 Å². The molecular weight excluding hydrogens is 258 g/mol. The van der Waals surface area contributed by atoms with Gasteiger partial charge < -0.3 is 9.88 Å². The van der Waals surface area contributed by atoms with Crippen LogP contribution in [0.1, 0.15) is 12.8 Å². The molecule has 0 aliphatic carbocycles. The molecule has 19 heavy (non-hydrogen) atoms. The van der Waals surface area contributed by atoms with Crippen LogP contribution in [-0.4, -0.2) is 26.1 Å². The van der Waals surface area contributed by atoms with Crippen molar-refractivity contribution in [3.63, 3.8) is 0 Å². The first-order chi connectivity index (χ1) is 9.43. The molecule has 0 fully saturated rings. The average Bonchev–Trinajstić information content (AvgIpc) is 3.09. The molecule has 6 heteroatoms. The van der Waals surface area contributed by atoms with Gasteiger partial charge in [-0.2, -0.15) is 0 Å². The summed E-state index contributed by atoms with van der Waals surface area (Å²) in [4.78, 5) is 13.6. The number of aryl methyl sites for hydroxylation is 1. The highest BCUT2D eigenvalue weighted by Gasteiger charge is 2.03. The van der Waals surface area contributed by atoms with Gasteiger partial charge in [0.1, 0.15) is 17.0 Å². The summed E-state index contributed by atoms with van der Waals surface area (Å²) in [6.07, 6.45) is 9.51. The lowest BCUT2D eigenvalue weighted by Crippen LogP contribution is -2.05. The fraction of sp³-hybridized carbons (Fsp3) is 0.308. The number of aromatic nitrogens is 4. The second-order valence-corrected chi connectivity index (χ2v) is 5.19.